The molecule has 1 fully saturated rings. The minimum atomic E-state index is -1.02. The Bertz CT molecular complexity index is 787. The molecule has 1 N–H and O–H groups in total. The molecule has 0 aromatic heterocycles. The quantitative estimate of drug-likeness (QED) is 0.612. The van der Waals surface area contributed by atoms with Crippen LogP contribution in [0.5, 0.6) is 0 Å². The Morgan fingerprint density at radius 3 is 2.52 bits per heavy atom. The Balaban J connectivity index is 2.04. The summed E-state index contributed by atoms with van der Waals surface area (Å²) in [7, 11) is 0. The molecule has 5 amide bonds. The molecule has 1 saturated heterocycles. The fourth-order valence-electron chi connectivity index (χ4n) is 2.23. The van der Waals surface area contributed by atoms with Crippen molar-refractivity contribution < 1.29 is 19.2 Å². The third kappa shape index (κ3) is 3.95. The minimum absolute atomic E-state index is 0.142. The summed E-state index contributed by atoms with van der Waals surface area (Å²) in [5.41, 5.74) is 0.559. The van der Waals surface area contributed by atoms with Crippen molar-refractivity contribution in [3.8, 4) is 6.07 Å². The van der Waals surface area contributed by atoms with Gasteiger partial charge in [0.1, 0.15) is 12.6 Å². The molecule has 1 heterocycles. The fraction of sp³-hybridized carbons (Fsp3) is 0.312. The zero-order chi connectivity index (χ0) is 18.6. The van der Waals surface area contributed by atoms with Crippen LogP contribution >= 0.6 is 11.6 Å². The lowest BCUT2D eigenvalue weighted by molar-refractivity contribution is -0.143. The molecular formula is C16H15ClN4O4. The van der Waals surface area contributed by atoms with E-state index in [0.29, 0.717) is 17.0 Å². The molecule has 2 rings (SSSR count). The summed E-state index contributed by atoms with van der Waals surface area (Å²) >= 11 is 5.87. The number of nitrogens with zero attached hydrogens (tertiary/aromatic N) is 3. The van der Waals surface area contributed by atoms with Gasteiger partial charge in [-0.3, -0.25) is 19.3 Å². The van der Waals surface area contributed by atoms with Gasteiger partial charge in [-0.1, -0.05) is 24.9 Å². The van der Waals surface area contributed by atoms with Crippen LogP contribution in [0.2, 0.25) is 5.02 Å². The van der Waals surface area contributed by atoms with Crippen LogP contribution in [-0.4, -0.2) is 46.6 Å². The molecule has 0 spiro atoms. The predicted octanol–water partition coefficient (Wildman–Crippen LogP) is 1.74. The largest absolute Gasteiger partial charge is 0.334 e. The van der Waals surface area contributed by atoms with Gasteiger partial charge in [0.25, 0.3) is 0 Å². The lowest BCUT2D eigenvalue weighted by Gasteiger charge is -2.15. The van der Waals surface area contributed by atoms with Crippen molar-refractivity contribution in [1.29, 1.82) is 5.26 Å². The van der Waals surface area contributed by atoms with Crippen LogP contribution in [0.1, 0.15) is 25.3 Å². The summed E-state index contributed by atoms with van der Waals surface area (Å²) in [5.74, 6) is -2.60. The van der Waals surface area contributed by atoms with E-state index in [4.69, 9.17) is 16.9 Å². The molecule has 9 heteroatoms. The highest BCUT2D eigenvalue weighted by Crippen LogP contribution is 2.20. The average molecular weight is 363 g/mol. The lowest BCUT2D eigenvalue weighted by atomic mass is 10.2. The zero-order valence-electron chi connectivity index (χ0n) is 13.4. The number of halogens is 1. The number of rotatable bonds is 6. The van der Waals surface area contributed by atoms with Crippen LogP contribution in [0, 0.1) is 11.3 Å². The Hall–Kier alpha value is -2.92. The number of hydrogen-bond donors (Lipinski definition) is 1. The second-order valence-corrected chi connectivity index (χ2v) is 5.75. The van der Waals surface area contributed by atoms with E-state index in [0.717, 1.165) is 11.3 Å². The normalized spacial score (nSPS) is 14.0. The maximum Gasteiger partial charge on any atom is 0.334 e. The number of benzene rings is 1. The maximum absolute atomic E-state index is 12.1. The fourth-order valence-corrected chi connectivity index (χ4v) is 2.45. The van der Waals surface area contributed by atoms with Gasteiger partial charge in [0.2, 0.25) is 5.91 Å². The molecule has 0 aliphatic carbocycles. The van der Waals surface area contributed by atoms with Crippen LogP contribution in [0.4, 0.5) is 10.5 Å². The molecular weight excluding hydrogens is 348 g/mol. The highest BCUT2D eigenvalue weighted by atomic mass is 35.5. The molecule has 8 nitrogen and oxygen atoms in total. The van der Waals surface area contributed by atoms with Gasteiger partial charge in [0, 0.05) is 12.2 Å². The van der Waals surface area contributed by atoms with E-state index < -0.39 is 30.3 Å². The number of carbonyl (C=O) groups is 4. The lowest BCUT2D eigenvalue weighted by Crippen LogP contribution is -2.39. The number of imide groups is 2. The molecule has 0 bridgehead atoms. The molecule has 1 aliphatic heterocycles. The summed E-state index contributed by atoms with van der Waals surface area (Å²) < 4.78 is 0. The van der Waals surface area contributed by atoms with Crippen molar-refractivity contribution in [3.63, 3.8) is 0 Å². The highest BCUT2D eigenvalue weighted by molar-refractivity contribution is 6.45. The SMILES string of the molecule is CCCCN1C(=O)C(=O)N(CC(=O)Nc2ccc(C#N)c(Cl)c2)C1=O. The standard InChI is InChI=1S/C16H15ClN4O4/c1-2-3-6-20-14(23)15(24)21(16(20)25)9-13(22)19-11-5-4-10(8-18)12(17)7-11/h4-5,7H,2-3,6,9H2,1H3,(H,19,22). The summed E-state index contributed by atoms with van der Waals surface area (Å²) in [5, 5.41) is 11.4. The van der Waals surface area contributed by atoms with Crippen LogP contribution in [0.3, 0.4) is 0 Å². The van der Waals surface area contributed by atoms with E-state index in [1.54, 1.807) is 0 Å². The number of unbranched alkanes of at least 4 members (excludes halogenated alkanes) is 1. The van der Waals surface area contributed by atoms with Crippen molar-refractivity contribution in [2.45, 2.75) is 19.8 Å². The Kier molecular flexibility index (Phi) is 5.72. The van der Waals surface area contributed by atoms with Gasteiger partial charge in [-0.25, -0.2) is 9.69 Å². The van der Waals surface area contributed by atoms with E-state index in [1.165, 1.54) is 18.2 Å². The number of carbonyl (C=O) groups excluding carboxylic acids is 4. The van der Waals surface area contributed by atoms with Gasteiger partial charge in [-0.05, 0) is 24.6 Å². The first-order valence-electron chi connectivity index (χ1n) is 7.55. The van der Waals surface area contributed by atoms with Gasteiger partial charge in [0.15, 0.2) is 0 Å². The summed E-state index contributed by atoms with van der Waals surface area (Å²) in [6.07, 6.45) is 1.33. The smallest absolute Gasteiger partial charge is 0.324 e. The Morgan fingerprint density at radius 1 is 1.24 bits per heavy atom. The van der Waals surface area contributed by atoms with Gasteiger partial charge < -0.3 is 5.32 Å². The third-order valence-electron chi connectivity index (χ3n) is 3.55. The van der Waals surface area contributed by atoms with Crippen molar-refractivity contribution >= 4 is 41.0 Å². The topological polar surface area (TPSA) is 111 Å². The molecule has 25 heavy (non-hydrogen) atoms. The molecule has 1 aromatic rings. The monoisotopic (exact) mass is 362 g/mol. The first kappa shape index (κ1) is 18.4. The summed E-state index contributed by atoms with van der Waals surface area (Å²) in [6.45, 7) is 1.45. The molecule has 1 aromatic carbocycles. The third-order valence-corrected chi connectivity index (χ3v) is 3.86. The second kappa shape index (κ2) is 7.77. The number of nitriles is 1. The summed E-state index contributed by atoms with van der Waals surface area (Å²) in [6, 6.07) is 5.37. The van der Waals surface area contributed by atoms with Crippen LogP contribution in [-0.2, 0) is 14.4 Å². The van der Waals surface area contributed by atoms with E-state index >= 15 is 0 Å². The first-order valence-corrected chi connectivity index (χ1v) is 7.93. The number of anilines is 1. The molecule has 1 aliphatic rings. The van der Waals surface area contributed by atoms with Crippen molar-refractivity contribution in [2.24, 2.45) is 0 Å². The van der Waals surface area contributed by atoms with Crippen molar-refractivity contribution in [3.05, 3.63) is 28.8 Å². The maximum atomic E-state index is 12.1. The first-order chi connectivity index (χ1) is 11.9. The van der Waals surface area contributed by atoms with Gasteiger partial charge >= 0.3 is 17.8 Å². The van der Waals surface area contributed by atoms with Gasteiger partial charge in [-0.2, -0.15) is 5.26 Å². The zero-order valence-corrected chi connectivity index (χ0v) is 14.2. The molecule has 0 saturated carbocycles. The molecule has 0 unspecified atom stereocenters. The summed E-state index contributed by atoms with van der Waals surface area (Å²) in [4.78, 5) is 49.4. The van der Waals surface area contributed by atoms with Crippen LogP contribution in [0.15, 0.2) is 18.2 Å². The van der Waals surface area contributed by atoms with Gasteiger partial charge in [-0.15, -0.1) is 0 Å². The number of hydrogen-bond acceptors (Lipinski definition) is 5. The second-order valence-electron chi connectivity index (χ2n) is 5.34. The van der Waals surface area contributed by atoms with E-state index in [2.05, 4.69) is 5.32 Å². The van der Waals surface area contributed by atoms with Crippen molar-refractivity contribution in [2.75, 3.05) is 18.4 Å². The van der Waals surface area contributed by atoms with Gasteiger partial charge in [0.05, 0.1) is 10.6 Å². The van der Waals surface area contributed by atoms with Crippen molar-refractivity contribution in [1.82, 2.24) is 9.80 Å². The molecule has 130 valence electrons. The van der Waals surface area contributed by atoms with E-state index in [9.17, 15) is 19.2 Å². The highest BCUT2D eigenvalue weighted by Gasteiger charge is 2.44. The van der Waals surface area contributed by atoms with E-state index in [1.807, 2.05) is 13.0 Å². The van der Waals surface area contributed by atoms with E-state index in [-0.39, 0.29) is 17.1 Å². The Morgan fingerprint density at radius 2 is 1.92 bits per heavy atom. The number of amides is 5. The predicted molar refractivity (Wildman–Crippen MR) is 88.5 cm³/mol. The number of urea groups is 1. The average Bonchev–Trinajstić information content (AvgIpc) is 2.77. The molecule has 0 atom stereocenters. The minimum Gasteiger partial charge on any atom is -0.324 e. The van der Waals surface area contributed by atoms with Crippen LogP contribution < -0.4 is 5.32 Å². The van der Waals surface area contributed by atoms with Crippen LogP contribution in [0.25, 0.3) is 0 Å². The molecule has 0 radical (unpaired) electrons. The number of nitrogens with one attached hydrogen (secondary N) is 1. The Labute approximate surface area is 148 Å².